The smallest absolute Gasteiger partial charge is 0.123 e. The van der Waals surface area contributed by atoms with E-state index in [0.717, 1.165) is 12.1 Å². The van der Waals surface area contributed by atoms with Gasteiger partial charge < -0.3 is 10.2 Å². The highest BCUT2D eigenvalue weighted by Crippen LogP contribution is 2.17. The molecule has 3 heteroatoms. The van der Waals surface area contributed by atoms with Crippen molar-refractivity contribution in [1.82, 2.24) is 10.2 Å². The predicted molar refractivity (Wildman–Crippen MR) is 66.0 cm³/mol. The third-order valence-electron chi connectivity index (χ3n) is 2.60. The predicted octanol–water partition coefficient (Wildman–Crippen LogP) is 2.43. The molecule has 1 aromatic rings. The van der Waals surface area contributed by atoms with Crippen molar-refractivity contribution in [1.29, 1.82) is 0 Å². The number of halogens is 1. The van der Waals surface area contributed by atoms with E-state index in [9.17, 15) is 4.39 Å². The second-order valence-electron chi connectivity index (χ2n) is 4.59. The van der Waals surface area contributed by atoms with E-state index in [-0.39, 0.29) is 11.9 Å². The normalized spacial score (nSPS) is 13.4. The van der Waals surface area contributed by atoms with E-state index in [2.05, 4.69) is 24.1 Å². The van der Waals surface area contributed by atoms with Crippen molar-refractivity contribution < 1.29 is 4.39 Å². The third kappa shape index (κ3) is 3.91. The number of nitrogens with zero attached hydrogens (tertiary/aromatic N) is 1. The summed E-state index contributed by atoms with van der Waals surface area (Å²) in [6.45, 7) is 5.12. The Kier molecular flexibility index (Phi) is 4.90. The Labute approximate surface area is 97.5 Å². The van der Waals surface area contributed by atoms with Gasteiger partial charge in [0.2, 0.25) is 0 Å². The average molecular weight is 224 g/mol. The van der Waals surface area contributed by atoms with E-state index in [4.69, 9.17) is 0 Å². The Bertz CT molecular complexity index is 306. The molecular formula is C13H21FN2. The van der Waals surface area contributed by atoms with Gasteiger partial charge in [0.1, 0.15) is 5.82 Å². The topological polar surface area (TPSA) is 15.3 Å². The van der Waals surface area contributed by atoms with E-state index in [1.54, 1.807) is 0 Å². The first-order valence-electron chi connectivity index (χ1n) is 5.66. The lowest BCUT2D eigenvalue weighted by atomic mass is 10.1. The molecule has 0 heterocycles. The van der Waals surface area contributed by atoms with Gasteiger partial charge in [0, 0.05) is 18.6 Å². The maximum Gasteiger partial charge on any atom is 0.123 e. The minimum Gasteiger partial charge on any atom is -0.313 e. The van der Waals surface area contributed by atoms with Crippen molar-refractivity contribution in [3.63, 3.8) is 0 Å². The van der Waals surface area contributed by atoms with Crippen LogP contribution in [-0.4, -0.2) is 31.6 Å². The van der Waals surface area contributed by atoms with Gasteiger partial charge in [-0.25, -0.2) is 4.39 Å². The lowest BCUT2D eigenvalue weighted by Crippen LogP contribution is -2.34. The molecular weight excluding hydrogens is 203 g/mol. The molecule has 0 aliphatic carbocycles. The van der Waals surface area contributed by atoms with Crippen molar-refractivity contribution in [3.05, 3.63) is 35.6 Å². The first-order chi connectivity index (χ1) is 7.50. The quantitative estimate of drug-likeness (QED) is 0.826. The molecule has 1 aromatic carbocycles. The van der Waals surface area contributed by atoms with E-state index in [0.29, 0.717) is 6.04 Å². The third-order valence-corrected chi connectivity index (χ3v) is 2.60. The number of rotatable bonds is 5. The van der Waals surface area contributed by atoms with E-state index < -0.39 is 0 Å². The highest BCUT2D eigenvalue weighted by atomic mass is 19.1. The molecule has 0 amide bonds. The summed E-state index contributed by atoms with van der Waals surface area (Å²) in [6.07, 6.45) is 0. The van der Waals surface area contributed by atoms with Crippen molar-refractivity contribution in [3.8, 4) is 0 Å². The molecule has 1 N–H and O–H groups in total. The van der Waals surface area contributed by atoms with Crippen LogP contribution < -0.4 is 5.32 Å². The van der Waals surface area contributed by atoms with Crippen molar-refractivity contribution in [2.75, 3.05) is 20.6 Å². The Morgan fingerprint density at radius 1 is 1.19 bits per heavy atom. The largest absolute Gasteiger partial charge is 0.313 e. The molecule has 0 fully saturated rings. The minimum absolute atomic E-state index is 0.182. The molecule has 0 aromatic heterocycles. The molecule has 0 radical (unpaired) electrons. The first kappa shape index (κ1) is 13.1. The Balaban J connectivity index is 2.73. The summed E-state index contributed by atoms with van der Waals surface area (Å²) in [4.78, 5) is 2.14. The Morgan fingerprint density at radius 3 is 2.19 bits per heavy atom. The minimum atomic E-state index is -0.182. The monoisotopic (exact) mass is 224 g/mol. The van der Waals surface area contributed by atoms with Crippen molar-refractivity contribution in [2.24, 2.45) is 0 Å². The fourth-order valence-corrected chi connectivity index (χ4v) is 1.63. The second kappa shape index (κ2) is 5.97. The summed E-state index contributed by atoms with van der Waals surface area (Å²) in [5.74, 6) is -0.182. The summed E-state index contributed by atoms with van der Waals surface area (Å²) < 4.78 is 12.8. The van der Waals surface area contributed by atoms with E-state index in [1.165, 1.54) is 12.1 Å². The molecule has 1 atom stereocenters. The van der Waals surface area contributed by atoms with Crippen LogP contribution in [0, 0.1) is 5.82 Å². The number of likely N-dealkylation sites (N-methyl/N-ethyl adjacent to an activating group) is 1. The van der Waals surface area contributed by atoms with Crippen molar-refractivity contribution in [2.45, 2.75) is 25.9 Å². The fourth-order valence-electron chi connectivity index (χ4n) is 1.63. The molecule has 2 nitrogen and oxygen atoms in total. The zero-order chi connectivity index (χ0) is 12.1. The van der Waals surface area contributed by atoms with Crippen LogP contribution in [0.1, 0.15) is 25.5 Å². The van der Waals surface area contributed by atoms with Gasteiger partial charge in [-0.15, -0.1) is 0 Å². The van der Waals surface area contributed by atoms with Crippen LogP contribution in [-0.2, 0) is 0 Å². The van der Waals surface area contributed by atoms with Crippen LogP contribution in [0.15, 0.2) is 24.3 Å². The fraction of sp³-hybridized carbons (Fsp3) is 0.538. The van der Waals surface area contributed by atoms with Gasteiger partial charge in [-0.1, -0.05) is 26.0 Å². The Hall–Kier alpha value is -0.930. The molecule has 1 unspecified atom stereocenters. The molecule has 0 aliphatic rings. The van der Waals surface area contributed by atoms with E-state index in [1.807, 2.05) is 26.2 Å². The zero-order valence-electron chi connectivity index (χ0n) is 10.5. The van der Waals surface area contributed by atoms with Crippen LogP contribution >= 0.6 is 0 Å². The summed E-state index contributed by atoms with van der Waals surface area (Å²) in [7, 11) is 4.08. The number of nitrogens with one attached hydrogen (secondary N) is 1. The van der Waals surface area contributed by atoms with Gasteiger partial charge in [0.15, 0.2) is 0 Å². The van der Waals surface area contributed by atoms with Gasteiger partial charge >= 0.3 is 0 Å². The van der Waals surface area contributed by atoms with Crippen LogP contribution in [0.25, 0.3) is 0 Å². The average Bonchev–Trinajstić information content (AvgIpc) is 2.20. The summed E-state index contributed by atoms with van der Waals surface area (Å²) in [5.41, 5.74) is 1.14. The van der Waals surface area contributed by atoms with Crippen molar-refractivity contribution >= 4 is 0 Å². The summed E-state index contributed by atoms with van der Waals surface area (Å²) in [6, 6.07) is 7.47. The van der Waals surface area contributed by atoms with Gasteiger partial charge in [-0.2, -0.15) is 0 Å². The highest BCUT2D eigenvalue weighted by Gasteiger charge is 2.13. The van der Waals surface area contributed by atoms with Crippen LogP contribution in [0.2, 0.25) is 0 Å². The maximum absolute atomic E-state index is 12.8. The van der Waals surface area contributed by atoms with Crippen LogP contribution in [0.5, 0.6) is 0 Å². The number of hydrogen-bond acceptors (Lipinski definition) is 2. The molecule has 0 bridgehead atoms. The Morgan fingerprint density at radius 2 is 1.75 bits per heavy atom. The zero-order valence-corrected chi connectivity index (χ0v) is 10.5. The number of hydrogen-bond donors (Lipinski definition) is 1. The first-order valence-corrected chi connectivity index (χ1v) is 5.66. The number of benzene rings is 1. The van der Waals surface area contributed by atoms with Gasteiger partial charge in [0.25, 0.3) is 0 Å². The van der Waals surface area contributed by atoms with Gasteiger partial charge in [0.05, 0.1) is 0 Å². The molecule has 1 rings (SSSR count). The molecule has 0 spiro atoms. The maximum atomic E-state index is 12.8. The second-order valence-corrected chi connectivity index (χ2v) is 4.59. The summed E-state index contributed by atoms with van der Waals surface area (Å²) in [5, 5.41) is 3.40. The van der Waals surface area contributed by atoms with Crippen LogP contribution in [0.4, 0.5) is 4.39 Å². The molecule has 0 saturated heterocycles. The van der Waals surface area contributed by atoms with Crippen LogP contribution in [0.3, 0.4) is 0 Å². The highest BCUT2D eigenvalue weighted by molar-refractivity contribution is 5.20. The molecule has 0 saturated carbocycles. The SMILES string of the molecule is CC(C)NCC(c1ccc(F)cc1)N(C)C. The van der Waals surface area contributed by atoms with Gasteiger partial charge in [-0.3, -0.25) is 0 Å². The molecule has 16 heavy (non-hydrogen) atoms. The summed E-state index contributed by atoms with van der Waals surface area (Å²) >= 11 is 0. The van der Waals surface area contributed by atoms with E-state index >= 15 is 0 Å². The molecule has 90 valence electrons. The lowest BCUT2D eigenvalue weighted by molar-refractivity contribution is 0.283. The molecule has 0 aliphatic heterocycles. The van der Waals surface area contributed by atoms with Gasteiger partial charge in [-0.05, 0) is 31.8 Å². The standard InChI is InChI=1S/C13H21FN2/c1-10(2)15-9-13(16(3)4)11-5-7-12(14)8-6-11/h5-8,10,13,15H,9H2,1-4H3. The lowest BCUT2D eigenvalue weighted by Gasteiger charge is -2.26.